The molecule has 0 atom stereocenters. The lowest BCUT2D eigenvalue weighted by Gasteiger charge is -2.31. The van der Waals surface area contributed by atoms with Gasteiger partial charge in [-0.25, -0.2) is 0 Å². The fourth-order valence-electron chi connectivity index (χ4n) is 2.44. The van der Waals surface area contributed by atoms with Crippen LogP contribution < -0.4 is 4.74 Å². The van der Waals surface area contributed by atoms with Gasteiger partial charge in [-0.15, -0.1) is 0 Å². The normalized spacial score (nSPS) is 17.6. The highest BCUT2D eigenvalue weighted by molar-refractivity contribution is 5.27. The van der Waals surface area contributed by atoms with Crippen LogP contribution in [0.5, 0.6) is 5.75 Å². The second-order valence-corrected chi connectivity index (χ2v) is 4.92. The van der Waals surface area contributed by atoms with E-state index in [0.717, 1.165) is 38.2 Å². The van der Waals surface area contributed by atoms with Gasteiger partial charge >= 0.3 is 0 Å². The van der Waals surface area contributed by atoms with Gasteiger partial charge in [0, 0.05) is 19.6 Å². The largest absolute Gasteiger partial charge is 0.497 e. The van der Waals surface area contributed by atoms with E-state index in [-0.39, 0.29) is 6.61 Å². The molecule has 0 radical (unpaired) electrons. The van der Waals surface area contributed by atoms with Crippen LogP contribution in [0.15, 0.2) is 24.3 Å². The summed E-state index contributed by atoms with van der Waals surface area (Å²) in [7, 11) is 1.69. The molecule has 0 bridgehead atoms. The van der Waals surface area contributed by atoms with E-state index < -0.39 is 0 Å². The Morgan fingerprint density at radius 2 is 1.89 bits per heavy atom. The molecule has 1 aromatic carbocycles. The summed E-state index contributed by atoms with van der Waals surface area (Å²) in [5.41, 5.74) is 1.32. The summed E-state index contributed by atoms with van der Waals surface area (Å²) in [6.07, 6.45) is 2.42. The summed E-state index contributed by atoms with van der Waals surface area (Å²) in [4.78, 5) is 2.45. The topological polar surface area (TPSA) is 41.9 Å². The Morgan fingerprint density at radius 1 is 1.21 bits per heavy atom. The Morgan fingerprint density at radius 3 is 2.47 bits per heavy atom. The Bertz CT molecular complexity index is 358. The third-order valence-electron chi connectivity index (χ3n) is 3.54. The number of piperidine rings is 1. The van der Waals surface area contributed by atoms with Crippen molar-refractivity contribution in [3.05, 3.63) is 29.8 Å². The molecule has 0 aliphatic carbocycles. The molecule has 4 nitrogen and oxygen atoms in total. The first-order chi connectivity index (χ1) is 9.31. The average molecular weight is 265 g/mol. The molecule has 1 saturated heterocycles. The van der Waals surface area contributed by atoms with Crippen LogP contribution in [0.3, 0.4) is 0 Å². The summed E-state index contributed by atoms with van der Waals surface area (Å²) in [5.74, 6) is 0.903. The maximum absolute atomic E-state index is 8.74. The smallest absolute Gasteiger partial charge is 0.118 e. The lowest BCUT2D eigenvalue weighted by Crippen LogP contribution is -2.36. The van der Waals surface area contributed by atoms with Gasteiger partial charge < -0.3 is 14.6 Å². The molecule has 1 aliphatic rings. The monoisotopic (exact) mass is 265 g/mol. The zero-order valence-electron chi connectivity index (χ0n) is 11.5. The number of rotatable bonds is 6. The highest BCUT2D eigenvalue weighted by Gasteiger charge is 2.19. The van der Waals surface area contributed by atoms with Gasteiger partial charge in [-0.3, -0.25) is 4.90 Å². The molecular formula is C15H23NO3. The molecule has 0 amide bonds. The van der Waals surface area contributed by atoms with Crippen LogP contribution in [0, 0.1) is 0 Å². The van der Waals surface area contributed by atoms with Crippen LogP contribution >= 0.6 is 0 Å². The number of benzene rings is 1. The lowest BCUT2D eigenvalue weighted by atomic mass is 10.1. The van der Waals surface area contributed by atoms with Crippen LogP contribution in [-0.4, -0.2) is 49.5 Å². The second-order valence-electron chi connectivity index (χ2n) is 4.92. The Labute approximate surface area is 114 Å². The fraction of sp³-hybridized carbons (Fsp3) is 0.600. The van der Waals surface area contributed by atoms with Gasteiger partial charge in [0.25, 0.3) is 0 Å². The first-order valence-electron chi connectivity index (χ1n) is 6.89. The van der Waals surface area contributed by atoms with E-state index in [1.54, 1.807) is 7.11 Å². The van der Waals surface area contributed by atoms with E-state index in [9.17, 15) is 0 Å². The van der Waals surface area contributed by atoms with Crippen molar-refractivity contribution in [1.82, 2.24) is 4.90 Å². The number of nitrogens with zero attached hydrogens (tertiary/aromatic N) is 1. The van der Waals surface area contributed by atoms with Gasteiger partial charge in [0.15, 0.2) is 0 Å². The number of hydrogen-bond donors (Lipinski definition) is 1. The minimum Gasteiger partial charge on any atom is -0.497 e. The third kappa shape index (κ3) is 4.49. The van der Waals surface area contributed by atoms with Gasteiger partial charge in [-0.2, -0.15) is 0 Å². The van der Waals surface area contributed by atoms with Gasteiger partial charge in [0.05, 0.1) is 26.4 Å². The molecule has 2 rings (SSSR count). The Kier molecular flexibility index (Phi) is 5.63. The van der Waals surface area contributed by atoms with Crippen LogP contribution in [0.4, 0.5) is 0 Å². The minimum absolute atomic E-state index is 0.117. The second kappa shape index (κ2) is 7.48. The summed E-state index contributed by atoms with van der Waals surface area (Å²) >= 11 is 0. The van der Waals surface area contributed by atoms with Crippen LogP contribution in [0.1, 0.15) is 18.4 Å². The highest BCUT2D eigenvalue weighted by atomic mass is 16.5. The number of hydrogen-bond acceptors (Lipinski definition) is 4. The molecule has 0 unspecified atom stereocenters. The first kappa shape index (κ1) is 14.3. The van der Waals surface area contributed by atoms with Gasteiger partial charge in [0.2, 0.25) is 0 Å². The molecule has 0 aromatic heterocycles. The van der Waals surface area contributed by atoms with Crippen molar-refractivity contribution in [3.8, 4) is 5.75 Å². The van der Waals surface area contributed by atoms with Crippen molar-refractivity contribution in [2.75, 3.05) is 33.4 Å². The van der Waals surface area contributed by atoms with Gasteiger partial charge in [0.1, 0.15) is 5.75 Å². The standard InChI is InChI=1S/C15H23NO3/c1-18-14-4-2-13(3-5-14)12-16-8-6-15(7-9-16)19-11-10-17/h2-5,15,17H,6-12H2,1H3. The summed E-state index contributed by atoms with van der Waals surface area (Å²) < 4.78 is 10.7. The number of aliphatic hydroxyl groups excluding tert-OH is 1. The number of methoxy groups -OCH3 is 1. The molecule has 1 heterocycles. The van der Waals surface area contributed by atoms with Crippen molar-refractivity contribution in [1.29, 1.82) is 0 Å². The van der Waals surface area contributed by atoms with Crippen molar-refractivity contribution in [3.63, 3.8) is 0 Å². The number of ether oxygens (including phenoxy) is 2. The van der Waals surface area contributed by atoms with E-state index in [1.165, 1.54) is 5.56 Å². The minimum atomic E-state index is 0.117. The molecule has 1 aromatic rings. The van der Waals surface area contributed by atoms with Crippen LogP contribution in [0.25, 0.3) is 0 Å². The van der Waals surface area contributed by atoms with E-state index in [4.69, 9.17) is 14.6 Å². The lowest BCUT2D eigenvalue weighted by molar-refractivity contribution is -0.00901. The van der Waals surface area contributed by atoms with Crippen molar-refractivity contribution in [2.24, 2.45) is 0 Å². The molecule has 0 spiro atoms. The SMILES string of the molecule is COc1ccc(CN2CCC(OCCO)CC2)cc1. The number of aliphatic hydroxyl groups is 1. The predicted molar refractivity (Wildman–Crippen MR) is 74.3 cm³/mol. The third-order valence-corrected chi connectivity index (χ3v) is 3.54. The van der Waals surface area contributed by atoms with Gasteiger partial charge in [-0.1, -0.05) is 12.1 Å². The molecule has 1 aliphatic heterocycles. The molecule has 4 heteroatoms. The van der Waals surface area contributed by atoms with E-state index in [0.29, 0.717) is 12.7 Å². The quantitative estimate of drug-likeness (QED) is 0.849. The van der Waals surface area contributed by atoms with E-state index in [1.807, 2.05) is 12.1 Å². The van der Waals surface area contributed by atoms with Crippen LogP contribution in [0.2, 0.25) is 0 Å². The molecule has 106 valence electrons. The highest BCUT2D eigenvalue weighted by Crippen LogP contribution is 2.17. The fourth-order valence-corrected chi connectivity index (χ4v) is 2.44. The van der Waals surface area contributed by atoms with Crippen molar-refractivity contribution >= 4 is 0 Å². The molecule has 0 saturated carbocycles. The summed E-state index contributed by atoms with van der Waals surface area (Å²) in [6.45, 7) is 3.68. The zero-order valence-corrected chi connectivity index (χ0v) is 11.5. The van der Waals surface area contributed by atoms with E-state index in [2.05, 4.69) is 17.0 Å². The van der Waals surface area contributed by atoms with Gasteiger partial charge in [-0.05, 0) is 30.5 Å². The molecule has 19 heavy (non-hydrogen) atoms. The van der Waals surface area contributed by atoms with Crippen molar-refractivity contribution < 1.29 is 14.6 Å². The zero-order chi connectivity index (χ0) is 13.5. The average Bonchev–Trinajstić information content (AvgIpc) is 2.47. The number of likely N-dealkylation sites (tertiary alicyclic amines) is 1. The van der Waals surface area contributed by atoms with E-state index >= 15 is 0 Å². The van der Waals surface area contributed by atoms with Crippen molar-refractivity contribution in [2.45, 2.75) is 25.5 Å². The Balaban J connectivity index is 1.75. The molecule has 1 fully saturated rings. The summed E-state index contributed by atoms with van der Waals surface area (Å²) in [5, 5.41) is 8.74. The Hall–Kier alpha value is -1.10. The van der Waals surface area contributed by atoms with Crippen LogP contribution in [-0.2, 0) is 11.3 Å². The molecular weight excluding hydrogens is 242 g/mol. The molecule has 1 N–H and O–H groups in total. The maximum atomic E-state index is 8.74. The summed E-state index contributed by atoms with van der Waals surface area (Å²) in [6, 6.07) is 8.25. The maximum Gasteiger partial charge on any atom is 0.118 e. The predicted octanol–water partition coefficient (Wildman–Crippen LogP) is 1.67. The first-order valence-corrected chi connectivity index (χ1v) is 6.89.